The first kappa shape index (κ1) is 15.3. The van der Waals surface area contributed by atoms with Crippen molar-refractivity contribution >= 4 is 25.5 Å². The molecule has 1 aliphatic heterocycles. The molecule has 0 spiro atoms. The smallest absolute Gasteiger partial charge is 0.240 e. The topological polar surface area (TPSA) is 106 Å². The highest BCUT2D eigenvalue weighted by Gasteiger charge is 2.29. The Morgan fingerprint density at radius 1 is 1.40 bits per heavy atom. The molecule has 8 heteroatoms. The van der Waals surface area contributed by atoms with Crippen LogP contribution in [-0.4, -0.2) is 34.9 Å². The molecule has 2 rings (SSSR count). The molecule has 112 valence electrons. The summed E-state index contributed by atoms with van der Waals surface area (Å²) in [5.74, 6) is 0.0263. The van der Waals surface area contributed by atoms with Crippen LogP contribution in [-0.2, 0) is 19.9 Å². The van der Waals surface area contributed by atoms with E-state index in [0.29, 0.717) is 17.7 Å². The van der Waals surface area contributed by atoms with Gasteiger partial charge in [0.25, 0.3) is 0 Å². The van der Waals surface area contributed by atoms with Crippen molar-refractivity contribution in [1.82, 2.24) is 4.72 Å². The Bertz CT molecular complexity index is 711. The number of anilines is 1. The van der Waals surface area contributed by atoms with E-state index >= 15 is 0 Å². The Kier molecular flexibility index (Phi) is 4.08. The molecule has 1 saturated heterocycles. The molecule has 0 bridgehead atoms. The standard InChI is InChI=1S/C12H18N2O4S2/c1-9-11(13)3-2-4-12(9)20(17,18)14-7-10-5-6-19(15,16)8-10/h2-4,10,14H,5-8,13H2,1H3. The van der Waals surface area contributed by atoms with Gasteiger partial charge in [0.15, 0.2) is 9.84 Å². The molecule has 1 aromatic rings. The van der Waals surface area contributed by atoms with Gasteiger partial charge in [0, 0.05) is 12.2 Å². The molecule has 0 saturated carbocycles. The van der Waals surface area contributed by atoms with Gasteiger partial charge in [0.1, 0.15) is 0 Å². The van der Waals surface area contributed by atoms with E-state index in [4.69, 9.17) is 5.73 Å². The molecule has 1 aliphatic rings. The molecule has 6 nitrogen and oxygen atoms in total. The molecule has 1 unspecified atom stereocenters. The number of sulfonamides is 1. The van der Waals surface area contributed by atoms with Crippen LogP contribution in [0.5, 0.6) is 0 Å². The van der Waals surface area contributed by atoms with E-state index in [9.17, 15) is 16.8 Å². The number of hydrogen-bond donors (Lipinski definition) is 2. The molecule has 1 aromatic carbocycles. The zero-order chi connectivity index (χ0) is 15.0. The number of nitrogen functional groups attached to an aromatic ring is 1. The van der Waals surface area contributed by atoms with Gasteiger partial charge in [-0.1, -0.05) is 6.07 Å². The Balaban J connectivity index is 2.11. The summed E-state index contributed by atoms with van der Waals surface area (Å²) in [6.07, 6.45) is 0.501. The molecular formula is C12H18N2O4S2. The average Bonchev–Trinajstić information content (AvgIpc) is 2.70. The van der Waals surface area contributed by atoms with E-state index in [0.717, 1.165) is 0 Å². The summed E-state index contributed by atoms with van der Waals surface area (Å²) in [7, 11) is -6.66. The molecule has 0 aliphatic carbocycles. The molecular weight excluding hydrogens is 300 g/mol. The summed E-state index contributed by atoms with van der Waals surface area (Å²) in [4.78, 5) is 0.137. The van der Waals surface area contributed by atoms with Gasteiger partial charge in [-0.3, -0.25) is 0 Å². The maximum atomic E-state index is 12.2. The molecule has 0 amide bonds. The second-order valence-electron chi connectivity index (χ2n) is 5.09. The maximum Gasteiger partial charge on any atom is 0.240 e. The van der Waals surface area contributed by atoms with Crippen LogP contribution in [0, 0.1) is 12.8 Å². The predicted octanol–water partition coefficient (Wildman–Crippen LogP) is 0.290. The van der Waals surface area contributed by atoms with Crippen molar-refractivity contribution in [3.63, 3.8) is 0 Å². The second kappa shape index (κ2) is 5.34. The molecule has 3 N–H and O–H groups in total. The molecule has 1 atom stereocenters. The molecule has 0 aromatic heterocycles. The zero-order valence-electron chi connectivity index (χ0n) is 11.2. The summed E-state index contributed by atoms with van der Waals surface area (Å²) < 4.78 is 49.6. The van der Waals surface area contributed by atoms with Crippen molar-refractivity contribution in [1.29, 1.82) is 0 Å². The van der Waals surface area contributed by atoms with Crippen LogP contribution in [0.25, 0.3) is 0 Å². The first-order chi connectivity index (χ1) is 9.21. The van der Waals surface area contributed by atoms with Crippen molar-refractivity contribution in [3.8, 4) is 0 Å². The lowest BCUT2D eigenvalue weighted by molar-refractivity contribution is 0.543. The van der Waals surface area contributed by atoms with Crippen molar-refractivity contribution in [2.24, 2.45) is 5.92 Å². The molecule has 1 fully saturated rings. The largest absolute Gasteiger partial charge is 0.398 e. The summed E-state index contributed by atoms with van der Waals surface area (Å²) in [5.41, 5.74) is 6.61. The maximum absolute atomic E-state index is 12.2. The van der Waals surface area contributed by atoms with Crippen LogP contribution < -0.4 is 10.5 Å². The van der Waals surface area contributed by atoms with E-state index in [1.807, 2.05) is 0 Å². The van der Waals surface area contributed by atoms with Crippen LogP contribution in [0.1, 0.15) is 12.0 Å². The van der Waals surface area contributed by atoms with E-state index in [1.54, 1.807) is 19.1 Å². The SMILES string of the molecule is Cc1c(N)cccc1S(=O)(=O)NCC1CCS(=O)(=O)C1. The number of nitrogens with two attached hydrogens (primary N) is 1. The Morgan fingerprint density at radius 2 is 2.10 bits per heavy atom. The van der Waals surface area contributed by atoms with Gasteiger partial charge < -0.3 is 5.73 Å². The van der Waals surface area contributed by atoms with Crippen molar-refractivity contribution < 1.29 is 16.8 Å². The fourth-order valence-electron chi connectivity index (χ4n) is 2.26. The highest BCUT2D eigenvalue weighted by molar-refractivity contribution is 7.91. The van der Waals surface area contributed by atoms with Crippen LogP contribution in [0.2, 0.25) is 0 Å². The van der Waals surface area contributed by atoms with Gasteiger partial charge in [-0.2, -0.15) is 0 Å². The van der Waals surface area contributed by atoms with E-state index in [-0.39, 0.29) is 28.9 Å². The summed E-state index contributed by atoms with van der Waals surface area (Å²) in [6, 6.07) is 4.70. The number of sulfone groups is 1. The van der Waals surface area contributed by atoms with Crippen LogP contribution in [0.15, 0.2) is 23.1 Å². The number of nitrogens with one attached hydrogen (secondary N) is 1. The van der Waals surface area contributed by atoms with E-state index in [2.05, 4.69) is 4.72 Å². The summed E-state index contributed by atoms with van der Waals surface area (Å²) in [6.45, 7) is 1.78. The lowest BCUT2D eigenvalue weighted by Gasteiger charge is -2.13. The highest BCUT2D eigenvalue weighted by Crippen LogP contribution is 2.22. The quantitative estimate of drug-likeness (QED) is 0.776. The second-order valence-corrected chi connectivity index (χ2v) is 9.06. The van der Waals surface area contributed by atoms with Gasteiger partial charge in [-0.05, 0) is 37.0 Å². The average molecular weight is 318 g/mol. The van der Waals surface area contributed by atoms with E-state index < -0.39 is 19.9 Å². The first-order valence-electron chi connectivity index (χ1n) is 6.26. The Labute approximate surface area is 119 Å². The minimum Gasteiger partial charge on any atom is -0.398 e. The Hall–Kier alpha value is -1.12. The highest BCUT2D eigenvalue weighted by atomic mass is 32.2. The van der Waals surface area contributed by atoms with Crippen LogP contribution in [0.3, 0.4) is 0 Å². The Morgan fingerprint density at radius 3 is 2.70 bits per heavy atom. The summed E-state index contributed by atoms with van der Waals surface area (Å²) in [5, 5.41) is 0. The minimum atomic E-state index is -3.66. The third-order valence-electron chi connectivity index (χ3n) is 3.50. The van der Waals surface area contributed by atoms with Crippen molar-refractivity contribution in [3.05, 3.63) is 23.8 Å². The van der Waals surface area contributed by atoms with Crippen LogP contribution >= 0.6 is 0 Å². The van der Waals surface area contributed by atoms with Crippen LogP contribution in [0.4, 0.5) is 5.69 Å². The lowest BCUT2D eigenvalue weighted by Crippen LogP contribution is -2.30. The van der Waals surface area contributed by atoms with E-state index in [1.165, 1.54) is 6.07 Å². The van der Waals surface area contributed by atoms with Gasteiger partial charge in [-0.25, -0.2) is 21.6 Å². The number of hydrogen-bond acceptors (Lipinski definition) is 5. The third-order valence-corrected chi connectivity index (χ3v) is 6.91. The van der Waals surface area contributed by atoms with Gasteiger partial charge in [-0.15, -0.1) is 0 Å². The predicted molar refractivity (Wildman–Crippen MR) is 77.5 cm³/mol. The normalized spacial score (nSPS) is 21.9. The minimum absolute atomic E-state index is 0.0471. The number of benzene rings is 1. The fourth-order valence-corrected chi connectivity index (χ4v) is 5.51. The number of rotatable bonds is 4. The van der Waals surface area contributed by atoms with Crippen molar-refractivity contribution in [2.45, 2.75) is 18.2 Å². The molecule has 20 heavy (non-hydrogen) atoms. The first-order valence-corrected chi connectivity index (χ1v) is 9.57. The monoisotopic (exact) mass is 318 g/mol. The van der Waals surface area contributed by atoms with Crippen molar-refractivity contribution in [2.75, 3.05) is 23.8 Å². The molecule has 0 radical (unpaired) electrons. The van der Waals surface area contributed by atoms with Gasteiger partial charge >= 0.3 is 0 Å². The fraction of sp³-hybridized carbons (Fsp3) is 0.500. The molecule has 1 heterocycles. The van der Waals surface area contributed by atoms with Gasteiger partial charge in [0.2, 0.25) is 10.0 Å². The third kappa shape index (κ3) is 3.31. The zero-order valence-corrected chi connectivity index (χ0v) is 12.8. The lowest BCUT2D eigenvalue weighted by atomic mass is 10.1. The van der Waals surface area contributed by atoms with Gasteiger partial charge in [0.05, 0.1) is 16.4 Å². The summed E-state index contributed by atoms with van der Waals surface area (Å²) >= 11 is 0.